The van der Waals surface area contributed by atoms with Crippen LogP contribution in [0.4, 0.5) is 5.82 Å². The van der Waals surface area contributed by atoms with Gasteiger partial charge in [-0.25, -0.2) is 18.7 Å². The summed E-state index contributed by atoms with van der Waals surface area (Å²) in [6.07, 6.45) is 4.93. The van der Waals surface area contributed by atoms with E-state index in [-0.39, 0.29) is 5.41 Å². The zero-order chi connectivity index (χ0) is 21.5. The van der Waals surface area contributed by atoms with Crippen molar-refractivity contribution in [3.63, 3.8) is 0 Å². The number of nitrogens with zero attached hydrogens (tertiary/aromatic N) is 4. The lowest BCUT2D eigenvalue weighted by molar-refractivity contribution is 0.589. The molecular weight excluding hydrogens is 394 g/mol. The summed E-state index contributed by atoms with van der Waals surface area (Å²) >= 11 is 0. The molecule has 3 heterocycles. The molecule has 0 saturated heterocycles. The highest BCUT2D eigenvalue weighted by molar-refractivity contribution is 8.01. The van der Waals surface area contributed by atoms with Crippen molar-refractivity contribution in [1.29, 1.82) is 0 Å². The first-order valence-corrected chi connectivity index (χ1v) is 11.4. The molecule has 1 atom stereocenters. The molecule has 7 heteroatoms. The molecule has 1 N–H and O–H groups in total. The Hall–Kier alpha value is -3.19. The van der Waals surface area contributed by atoms with Gasteiger partial charge in [-0.1, -0.05) is 39.0 Å². The number of rotatable bonds is 4. The summed E-state index contributed by atoms with van der Waals surface area (Å²) in [5, 5.41) is 4.69. The summed E-state index contributed by atoms with van der Waals surface area (Å²) in [5.41, 5.74) is 4.75. The quantitative estimate of drug-likeness (QED) is 0.494. The third-order valence-electron chi connectivity index (χ3n) is 5.06. The summed E-state index contributed by atoms with van der Waals surface area (Å²) in [5.74, 6) is 4.59. The van der Waals surface area contributed by atoms with Crippen molar-refractivity contribution in [3.05, 3.63) is 72.3 Å². The summed E-state index contributed by atoms with van der Waals surface area (Å²) in [6.45, 7) is 8.46. The standard InChI is InChI=1S/C23H25N5OS/c1-16-6-11-22(28-21(16)12-20(26-28)17-13-24-15-25-14-17)27-30(5,29)19-9-7-18(8-10-19)23(2,3)4/h6-15H,5H2,1-4H3,(H,27,29). The van der Waals surface area contributed by atoms with E-state index in [4.69, 9.17) is 0 Å². The maximum absolute atomic E-state index is 13.4. The van der Waals surface area contributed by atoms with Crippen LogP contribution in [0.25, 0.3) is 16.8 Å². The SMILES string of the molecule is C=S(=O)(Nc1ccc(C)c2cc(-c3cncnc3)nn12)c1ccc(C(C)(C)C)cc1. The van der Waals surface area contributed by atoms with Gasteiger partial charge in [0.15, 0.2) is 0 Å². The molecular formula is C23H25N5OS. The van der Waals surface area contributed by atoms with E-state index in [1.165, 1.54) is 11.9 Å². The maximum atomic E-state index is 13.4. The minimum Gasteiger partial charge on any atom is -0.293 e. The van der Waals surface area contributed by atoms with Crippen molar-refractivity contribution >= 4 is 26.9 Å². The van der Waals surface area contributed by atoms with Gasteiger partial charge in [0.2, 0.25) is 0 Å². The Morgan fingerprint density at radius 2 is 1.70 bits per heavy atom. The van der Waals surface area contributed by atoms with Crippen molar-refractivity contribution in [1.82, 2.24) is 19.6 Å². The molecule has 0 bridgehead atoms. The lowest BCUT2D eigenvalue weighted by Crippen LogP contribution is -2.16. The van der Waals surface area contributed by atoms with Crippen LogP contribution in [-0.4, -0.2) is 29.7 Å². The first kappa shape index (κ1) is 20.1. The van der Waals surface area contributed by atoms with Gasteiger partial charge in [0.25, 0.3) is 0 Å². The van der Waals surface area contributed by atoms with Gasteiger partial charge in [-0.05, 0) is 53.6 Å². The van der Waals surface area contributed by atoms with Crippen LogP contribution in [0.5, 0.6) is 0 Å². The number of nitrogens with one attached hydrogen (secondary N) is 1. The molecule has 4 rings (SSSR count). The predicted molar refractivity (Wildman–Crippen MR) is 123 cm³/mol. The predicted octanol–water partition coefficient (Wildman–Crippen LogP) is 4.50. The highest BCUT2D eigenvalue weighted by Crippen LogP contribution is 2.26. The molecule has 0 spiro atoms. The van der Waals surface area contributed by atoms with Gasteiger partial charge in [0, 0.05) is 22.9 Å². The fourth-order valence-electron chi connectivity index (χ4n) is 3.26. The van der Waals surface area contributed by atoms with Gasteiger partial charge in [0.05, 0.1) is 20.9 Å². The topological polar surface area (TPSA) is 72.2 Å². The van der Waals surface area contributed by atoms with Crippen LogP contribution in [0, 0.1) is 6.92 Å². The molecule has 0 amide bonds. The summed E-state index contributed by atoms with van der Waals surface area (Å²) in [7, 11) is -2.77. The monoisotopic (exact) mass is 419 g/mol. The molecule has 6 nitrogen and oxygen atoms in total. The van der Waals surface area contributed by atoms with E-state index < -0.39 is 9.71 Å². The minimum atomic E-state index is -2.77. The van der Waals surface area contributed by atoms with E-state index in [1.54, 1.807) is 16.9 Å². The lowest BCUT2D eigenvalue weighted by Gasteiger charge is -2.20. The molecule has 1 unspecified atom stereocenters. The zero-order valence-corrected chi connectivity index (χ0v) is 18.4. The Kier molecular flexibility index (Phi) is 4.86. The van der Waals surface area contributed by atoms with E-state index in [1.807, 2.05) is 49.4 Å². The molecule has 0 aliphatic heterocycles. The van der Waals surface area contributed by atoms with Crippen LogP contribution in [-0.2, 0) is 15.1 Å². The smallest absolute Gasteiger partial charge is 0.139 e. The van der Waals surface area contributed by atoms with Gasteiger partial charge in [-0.2, -0.15) is 5.10 Å². The van der Waals surface area contributed by atoms with Gasteiger partial charge in [0.1, 0.15) is 12.1 Å². The van der Waals surface area contributed by atoms with Crippen molar-refractivity contribution in [2.24, 2.45) is 0 Å². The maximum Gasteiger partial charge on any atom is 0.139 e. The highest BCUT2D eigenvalue weighted by atomic mass is 32.2. The number of anilines is 1. The number of hydrogen-bond acceptors (Lipinski definition) is 4. The molecule has 1 aromatic carbocycles. The van der Waals surface area contributed by atoms with Crippen molar-refractivity contribution in [2.45, 2.75) is 38.0 Å². The number of hydrogen-bond donors (Lipinski definition) is 1. The highest BCUT2D eigenvalue weighted by Gasteiger charge is 2.17. The van der Waals surface area contributed by atoms with Gasteiger partial charge >= 0.3 is 0 Å². The average Bonchev–Trinajstić information content (AvgIpc) is 3.17. The fourth-order valence-corrected chi connectivity index (χ4v) is 4.44. The Labute approximate surface area is 177 Å². The van der Waals surface area contributed by atoms with E-state index in [2.05, 4.69) is 46.4 Å². The molecule has 0 aliphatic carbocycles. The van der Waals surface area contributed by atoms with Crippen LogP contribution in [0.15, 0.2) is 66.1 Å². The summed E-state index contributed by atoms with van der Waals surface area (Å²) < 4.78 is 18.3. The molecule has 0 saturated carbocycles. The fraction of sp³-hybridized carbons (Fsp3) is 0.217. The van der Waals surface area contributed by atoms with E-state index in [0.29, 0.717) is 10.7 Å². The number of aryl methyl sites for hydroxylation is 1. The molecule has 4 aromatic rings. The van der Waals surface area contributed by atoms with Crippen molar-refractivity contribution in [2.75, 3.05) is 4.72 Å². The van der Waals surface area contributed by atoms with E-state index >= 15 is 0 Å². The summed E-state index contributed by atoms with van der Waals surface area (Å²) in [4.78, 5) is 8.78. The Bertz CT molecular complexity index is 1300. The zero-order valence-electron chi connectivity index (χ0n) is 17.6. The van der Waals surface area contributed by atoms with Crippen molar-refractivity contribution < 1.29 is 4.21 Å². The number of aromatic nitrogens is 4. The molecule has 3 aromatic heterocycles. The van der Waals surface area contributed by atoms with Gasteiger partial charge < -0.3 is 0 Å². The van der Waals surface area contributed by atoms with Crippen LogP contribution >= 0.6 is 0 Å². The number of fused-ring (bicyclic) bond motifs is 1. The Morgan fingerprint density at radius 1 is 1.03 bits per heavy atom. The third-order valence-corrected chi connectivity index (χ3v) is 6.63. The molecule has 30 heavy (non-hydrogen) atoms. The second-order valence-electron chi connectivity index (χ2n) is 8.41. The number of pyridine rings is 1. The van der Waals surface area contributed by atoms with E-state index in [0.717, 1.165) is 22.3 Å². The molecule has 0 radical (unpaired) electrons. The van der Waals surface area contributed by atoms with Gasteiger partial charge in [-0.3, -0.25) is 4.72 Å². The first-order valence-electron chi connectivity index (χ1n) is 9.65. The number of benzene rings is 1. The lowest BCUT2D eigenvalue weighted by atomic mass is 9.87. The normalized spacial score (nSPS) is 13.9. The summed E-state index contributed by atoms with van der Waals surface area (Å²) in [6, 6.07) is 13.6. The molecule has 0 aliphatic rings. The Morgan fingerprint density at radius 3 is 2.33 bits per heavy atom. The van der Waals surface area contributed by atoms with Crippen molar-refractivity contribution in [3.8, 4) is 11.3 Å². The van der Waals surface area contributed by atoms with Crippen LogP contribution < -0.4 is 4.72 Å². The van der Waals surface area contributed by atoms with Crippen LogP contribution in [0.2, 0.25) is 0 Å². The molecule has 154 valence electrons. The minimum absolute atomic E-state index is 0.0315. The average molecular weight is 420 g/mol. The van der Waals surface area contributed by atoms with Crippen LogP contribution in [0.1, 0.15) is 31.9 Å². The second kappa shape index (κ2) is 7.25. The van der Waals surface area contributed by atoms with Gasteiger partial charge in [-0.15, -0.1) is 0 Å². The Balaban J connectivity index is 1.73. The second-order valence-corrected chi connectivity index (χ2v) is 10.4. The van der Waals surface area contributed by atoms with E-state index in [9.17, 15) is 4.21 Å². The largest absolute Gasteiger partial charge is 0.293 e. The van der Waals surface area contributed by atoms with Crippen LogP contribution in [0.3, 0.4) is 0 Å². The third kappa shape index (κ3) is 3.80. The first-order chi connectivity index (χ1) is 14.1. The molecule has 0 fully saturated rings.